The van der Waals surface area contributed by atoms with E-state index in [1.165, 1.54) is 12.5 Å². The molecule has 0 spiro atoms. The summed E-state index contributed by atoms with van der Waals surface area (Å²) in [6, 6.07) is 0. The molecule has 242 valence electrons. The number of esters is 2. The molecule has 13 atom stereocenters. The van der Waals surface area contributed by atoms with Crippen molar-refractivity contribution in [3.05, 3.63) is 24.3 Å². The van der Waals surface area contributed by atoms with Gasteiger partial charge in [-0.15, -0.1) is 0 Å². The Labute approximate surface area is 260 Å². The lowest BCUT2D eigenvalue weighted by molar-refractivity contribution is -0.318. The molecule has 0 bridgehead atoms. The van der Waals surface area contributed by atoms with Crippen LogP contribution in [0.2, 0.25) is 0 Å². The minimum absolute atomic E-state index is 0.0216. The highest BCUT2D eigenvalue weighted by molar-refractivity contribution is 5.70. The highest BCUT2D eigenvalue weighted by Crippen LogP contribution is 2.77. The van der Waals surface area contributed by atoms with Crippen LogP contribution < -0.4 is 0 Å². The third kappa shape index (κ3) is 4.70. The van der Waals surface area contributed by atoms with E-state index in [2.05, 4.69) is 54.7 Å². The Morgan fingerprint density at radius 3 is 2.26 bits per heavy atom. The van der Waals surface area contributed by atoms with E-state index < -0.39 is 35.1 Å². The van der Waals surface area contributed by atoms with E-state index in [-0.39, 0.29) is 40.7 Å². The number of rotatable bonds is 7. The van der Waals surface area contributed by atoms with Gasteiger partial charge in [0.2, 0.25) is 0 Å². The molecule has 5 fully saturated rings. The van der Waals surface area contributed by atoms with Gasteiger partial charge in [0.1, 0.15) is 12.2 Å². The summed E-state index contributed by atoms with van der Waals surface area (Å²) >= 11 is 0. The van der Waals surface area contributed by atoms with Gasteiger partial charge < -0.3 is 19.7 Å². The molecule has 5 aliphatic rings. The fourth-order valence-electron chi connectivity index (χ4n) is 12.3. The highest BCUT2D eigenvalue weighted by atomic mass is 16.6. The monoisotopic (exact) mass is 598 g/mol. The second-order valence-electron chi connectivity index (χ2n) is 16.2. The van der Waals surface area contributed by atoms with Crippen LogP contribution in [0.1, 0.15) is 119 Å². The molecule has 0 aliphatic heterocycles. The van der Waals surface area contributed by atoms with Crippen LogP contribution in [0.5, 0.6) is 0 Å². The summed E-state index contributed by atoms with van der Waals surface area (Å²) in [6.45, 7) is 23.8. The molecule has 0 aromatic heterocycles. The maximum absolute atomic E-state index is 13.5. The first-order chi connectivity index (χ1) is 20.1. The first-order valence-electron chi connectivity index (χ1n) is 17.1. The molecule has 0 saturated heterocycles. The van der Waals surface area contributed by atoms with E-state index in [0.717, 1.165) is 51.4 Å². The van der Waals surface area contributed by atoms with Gasteiger partial charge in [-0.2, -0.15) is 0 Å². The van der Waals surface area contributed by atoms with Crippen molar-refractivity contribution in [1.82, 2.24) is 0 Å². The average molecular weight is 599 g/mol. The number of aliphatic hydroxyl groups is 2. The van der Waals surface area contributed by atoms with Crippen molar-refractivity contribution in [3.63, 3.8) is 0 Å². The molecule has 0 amide bonds. The second-order valence-corrected chi connectivity index (χ2v) is 16.2. The van der Waals surface area contributed by atoms with Gasteiger partial charge in [0.05, 0.1) is 12.2 Å². The van der Waals surface area contributed by atoms with Crippen molar-refractivity contribution in [2.24, 2.45) is 51.2 Å². The number of hydrogen-bond donors (Lipinski definition) is 2. The molecule has 43 heavy (non-hydrogen) atoms. The molecule has 5 saturated carbocycles. The van der Waals surface area contributed by atoms with Crippen molar-refractivity contribution in [2.75, 3.05) is 0 Å². The predicted molar refractivity (Wildman–Crippen MR) is 168 cm³/mol. The Balaban J connectivity index is 1.68. The smallest absolute Gasteiger partial charge is 0.306 e. The largest absolute Gasteiger partial charge is 0.462 e. The van der Waals surface area contributed by atoms with Crippen molar-refractivity contribution in [3.8, 4) is 0 Å². The van der Waals surface area contributed by atoms with Crippen molar-refractivity contribution in [2.45, 2.75) is 144 Å². The van der Waals surface area contributed by atoms with E-state index in [9.17, 15) is 19.8 Å². The number of hydrogen-bond acceptors (Lipinski definition) is 6. The number of carbonyl (C=O) groups is 2. The van der Waals surface area contributed by atoms with Gasteiger partial charge in [0.25, 0.3) is 0 Å². The van der Waals surface area contributed by atoms with Crippen LogP contribution in [0.25, 0.3) is 0 Å². The summed E-state index contributed by atoms with van der Waals surface area (Å²) in [5, 5.41) is 23.4. The average Bonchev–Trinajstić information content (AvgIpc) is 3.27. The number of unbranched alkanes of at least 4 members (excludes halogenated alkanes) is 2. The van der Waals surface area contributed by atoms with Crippen LogP contribution in [-0.2, 0) is 19.1 Å². The van der Waals surface area contributed by atoms with E-state index in [1.54, 1.807) is 0 Å². The van der Waals surface area contributed by atoms with Gasteiger partial charge in [-0.25, -0.2) is 0 Å². The Morgan fingerprint density at radius 1 is 0.953 bits per heavy atom. The first-order valence-corrected chi connectivity index (χ1v) is 17.1. The Kier molecular flexibility index (Phi) is 8.60. The lowest BCUT2D eigenvalue weighted by Gasteiger charge is -2.74. The molecular weight excluding hydrogens is 540 g/mol. The third-order valence-corrected chi connectivity index (χ3v) is 14.2. The molecule has 6 heteroatoms. The summed E-state index contributed by atoms with van der Waals surface area (Å²) in [5.74, 6) is 0.00968. The van der Waals surface area contributed by atoms with Crippen LogP contribution in [0.4, 0.5) is 0 Å². The maximum Gasteiger partial charge on any atom is 0.306 e. The quantitative estimate of drug-likeness (QED) is 0.183. The van der Waals surface area contributed by atoms with Gasteiger partial charge in [-0.3, -0.25) is 9.59 Å². The number of carbonyl (C=O) groups excluding carboxylic acids is 2. The number of fused-ring (bicyclic) bond motifs is 7. The highest BCUT2D eigenvalue weighted by Gasteiger charge is 2.77. The van der Waals surface area contributed by atoms with E-state index in [0.29, 0.717) is 36.7 Å². The molecule has 0 unspecified atom stereocenters. The van der Waals surface area contributed by atoms with Crippen LogP contribution in [0.15, 0.2) is 24.3 Å². The van der Waals surface area contributed by atoms with Gasteiger partial charge in [0.15, 0.2) is 0 Å². The Morgan fingerprint density at radius 2 is 1.63 bits per heavy atom. The summed E-state index contributed by atoms with van der Waals surface area (Å²) in [7, 11) is 0. The van der Waals surface area contributed by atoms with E-state index in [1.807, 2.05) is 0 Å². The van der Waals surface area contributed by atoms with E-state index in [4.69, 9.17) is 9.47 Å². The topological polar surface area (TPSA) is 93.1 Å². The predicted octanol–water partition coefficient (Wildman–Crippen LogP) is 7.17. The fourth-order valence-corrected chi connectivity index (χ4v) is 12.3. The zero-order valence-corrected chi connectivity index (χ0v) is 27.9. The number of allylic oxidation sites excluding steroid dienone is 1. The molecule has 0 radical (unpaired) electrons. The van der Waals surface area contributed by atoms with Crippen LogP contribution in [0, 0.1) is 51.2 Å². The summed E-state index contributed by atoms with van der Waals surface area (Å²) in [6.07, 6.45) is 6.36. The molecule has 2 N–H and O–H groups in total. The number of aliphatic hydroxyl groups excluding tert-OH is 2. The van der Waals surface area contributed by atoms with Gasteiger partial charge >= 0.3 is 11.9 Å². The summed E-state index contributed by atoms with van der Waals surface area (Å²) in [4.78, 5) is 26.3. The normalized spacial score (nSPS) is 48.8. The van der Waals surface area contributed by atoms with Crippen molar-refractivity contribution in [1.29, 1.82) is 0 Å². The lowest BCUT2D eigenvalue weighted by atomic mass is 9.31. The third-order valence-electron chi connectivity index (χ3n) is 14.2. The summed E-state index contributed by atoms with van der Waals surface area (Å²) in [5.41, 5.74) is 0.462. The molecule has 0 aromatic carbocycles. The first kappa shape index (κ1) is 32.7. The molecule has 6 nitrogen and oxygen atoms in total. The fraction of sp³-hybridized carbons (Fsp3) is 0.838. The zero-order chi connectivity index (χ0) is 31.7. The van der Waals surface area contributed by atoms with E-state index >= 15 is 0 Å². The van der Waals surface area contributed by atoms with Gasteiger partial charge in [-0.05, 0) is 97.9 Å². The molecule has 0 heterocycles. The van der Waals surface area contributed by atoms with Crippen LogP contribution >= 0.6 is 0 Å². The SMILES string of the molecule is C=C1[C@@H]2[C@H](O)[C@H](OC(=O)CCCCC)[C@]3(C)[C@H]([C@H](OC(C)=O)C[C@@H]4[C@@]5(C)CC[C@@H](C(=C)C)[C@@H]5CC[C@]43C)[C@@]2(C)CC[C@@H]1O. The summed E-state index contributed by atoms with van der Waals surface area (Å²) < 4.78 is 12.9. The second kappa shape index (κ2) is 11.3. The molecular formula is C37H58O6. The maximum atomic E-state index is 13.5. The Hall–Kier alpha value is -1.66. The van der Waals surface area contributed by atoms with Gasteiger partial charge in [-0.1, -0.05) is 66.2 Å². The number of ether oxygens (including phenoxy) is 2. The zero-order valence-electron chi connectivity index (χ0n) is 27.9. The minimum atomic E-state index is -1.00. The van der Waals surface area contributed by atoms with Crippen LogP contribution in [-0.4, -0.2) is 46.6 Å². The molecule has 0 aromatic rings. The Bertz CT molecular complexity index is 1150. The van der Waals surface area contributed by atoms with Crippen molar-refractivity contribution < 1.29 is 29.3 Å². The molecule has 5 rings (SSSR count). The molecule has 5 aliphatic carbocycles. The minimum Gasteiger partial charge on any atom is -0.462 e. The standard InChI is InChI=1S/C37H58O6/c1-10-11-12-13-29(40)43-33-31(41)30-22(4)26(39)16-18-35(30,7)32-27(42-23(5)38)20-28-34(6)17-14-24(21(2)3)25(34)15-19-36(28,8)37(32,33)9/h24-28,30-33,39,41H,2,4,10-20H2,1,3,5-9H3/t24-,25-,26-,27+,28+,30+,31-,32+,33-,34-,35-,36+,37-/m0/s1. The van der Waals surface area contributed by atoms with Crippen molar-refractivity contribution >= 4 is 11.9 Å². The van der Waals surface area contributed by atoms with Crippen LogP contribution in [0.3, 0.4) is 0 Å². The lowest BCUT2D eigenvalue weighted by Crippen LogP contribution is -2.76. The van der Waals surface area contributed by atoms with Gasteiger partial charge in [0, 0.05) is 30.6 Å².